The van der Waals surface area contributed by atoms with Crippen LogP contribution in [0, 0.1) is 5.92 Å². The molecule has 3 heteroatoms. The van der Waals surface area contributed by atoms with Crippen LogP contribution in [0.4, 0.5) is 0 Å². The molecule has 0 bridgehead atoms. The van der Waals surface area contributed by atoms with Gasteiger partial charge < -0.3 is 9.13 Å². The summed E-state index contributed by atoms with van der Waals surface area (Å²) in [5, 5.41) is 2.67. The third-order valence-electron chi connectivity index (χ3n) is 9.59. The van der Waals surface area contributed by atoms with Crippen LogP contribution < -0.4 is 0 Å². The van der Waals surface area contributed by atoms with Gasteiger partial charge in [-0.15, -0.1) is 0 Å². The van der Waals surface area contributed by atoms with Crippen molar-refractivity contribution in [2.45, 2.75) is 26.2 Å². The predicted molar refractivity (Wildman–Crippen MR) is 188 cm³/mol. The van der Waals surface area contributed by atoms with Crippen molar-refractivity contribution in [3.8, 4) is 33.6 Å². The van der Waals surface area contributed by atoms with Gasteiger partial charge in [-0.1, -0.05) is 85.8 Å². The third kappa shape index (κ3) is 4.22. The summed E-state index contributed by atoms with van der Waals surface area (Å²) in [4.78, 5) is 4.74. The van der Waals surface area contributed by atoms with E-state index in [4.69, 9.17) is 4.98 Å². The summed E-state index contributed by atoms with van der Waals surface area (Å²) < 4.78 is 4.88. The van der Waals surface area contributed by atoms with Gasteiger partial charge in [-0.05, 0) is 90.4 Å². The fraction of sp³-hybridized carbons (Fsp3) is 0.119. The molecule has 1 atom stereocenters. The minimum absolute atomic E-state index is 0.550. The number of fused-ring (bicyclic) bond motifs is 6. The van der Waals surface area contributed by atoms with Crippen LogP contribution >= 0.6 is 0 Å². The third-order valence-corrected chi connectivity index (χ3v) is 9.59. The molecule has 1 unspecified atom stereocenters. The van der Waals surface area contributed by atoms with E-state index in [-0.39, 0.29) is 0 Å². The molecule has 0 aliphatic heterocycles. The average Bonchev–Trinajstić information content (AvgIpc) is 3.61. The van der Waals surface area contributed by atoms with Gasteiger partial charge in [0.1, 0.15) is 0 Å². The van der Waals surface area contributed by atoms with Crippen LogP contribution in [0.25, 0.3) is 67.6 Å². The second kappa shape index (κ2) is 10.3. The van der Waals surface area contributed by atoms with E-state index < -0.39 is 0 Å². The van der Waals surface area contributed by atoms with Crippen molar-refractivity contribution in [1.82, 2.24) is 14.1 Å². The van der Waals surface area contributed by atoms with Crippen molar-refractivity contribution in [3.63, 3.8) is 0 Å². The Morgan fingerprint density at radius 2 is 1.31 bits per heavy atom. The molecule has 3 heterocycles. The lowest BCUT2D eigenvalue weighted by atomic mass is 9.93. The smallest absolute Gasteiger partial charge is 0.0537 e. The highest BCUT2D eigenvalue weighted by Crippen LogP contribution is 2.38. The summed E-state index contributed by atoms with van der Waals surface area (Å²) in [5.41, 5.74) is 14.9. The van der Waals surface area contributed by atoms with E-state index in [1.807, 2.05) is 12.4 Å². The number of para-hydroxylation sites is 2. The number of hydrogen-bond donors (Lipinski definition) is 0. The Labute approximate surface area is 263 Å². The molecule has 9 rings (SSSR count). The second-order valence-electron chi connectivity index (χ2n) is 12.5. The molecule has 216 valence electrons. The first-order valence-electron chi connectivity index (χ1n) is 16.0. The molecule has 3 nitrogen and oxygen atoms in total. The molecule has 0 saturated heterocycles. The molecule has 2 aliphatic carbocycles. The van der Waals surface area contributed by atoms with E-state index in [1.54, 1.807) is 0 Å². The maximum absolute atomic E-state index is 4.74. The fourth-order valence-corrected chi connectivity index (χ4v) is 7.51. The van der Waals surface area contributed by atoms with E-state index >= 15 is 0 Å². The van der Waals surface area contributed by atoms with E-state index in [0.29, 0.717) is 5.92 Å². The number of aromatic nitrogens is 3. The van der Waals surface area contributed by atoms with Crippen LogP contribution in [0.2, 0.25) is 0 Å². The van der Waals surface area contributed by atoms with E-state index in [0.717, 1.165) is 36.0 Å². The zero-order chi connectivity index (χ0) is 29.9. The Morgan fingerprint density at radius 3 is 2.07 bits per heavy atom. The van der Waals surface area contributed by atoms with Crippen LogP contribution in [-0.4, -0.2) is 14.1 Å². The maximum Gasteiger partial charge on any atom is 0.0537 e. The highest BCUT2D eigenvalue weighted by molar-refractivity contribution is 5.94. The lowest BCUT2D eigenvalue weighted by Gasteiger charge is -2.16. The molecule has 3 aromatic heterocycles. The Bertz CT molecular complexity index is 2330. The maximum atomic E-state index is 4.74. The predicted octanol–water partition coefficient (Wildman–Crippen LogP) is 10.5. The summed E-state index contributed by atoms with van der Waals surface area (Å²) in [6.07, 6.45) is 16.4. The van der Waals surface area contributed by atoms with Crippen molar-refractivity contribution in [2.75, 3.05) is 0 Å². The van der Waals surface area contributed by atoms with Crippen molar-refractivity contribution in [1.29, 1.82) is 0 Å². The normalized spacial score (nSPS) is 15.4. The molecule has 0 amide bonds. The molecule has 0 N–H and O–H groups in total. The van der Waals surface area contributed by atoms with Crippen LogP contribution in [0.15, 0.2) is 128 Å². The quantitative estimate of drug-likeness (QED) is 0.203. The Hall–Kier alpha value is -5.41. The van der Waals surface area contributed by atoms with Crippen molar-refractivity contribution in [3.05, 3.63) is 150 Å². The molecular weight excluding hydrogens is 546 g/mol. The van der Waals surface area contributed by atoms with Crippen molar-refractivity contribution < 1.29 is 0 Å². The topological polar surface area (TPSA) is 22.8 Å². The standard InChI is InChI=1S/C42H33N3/c1-28-20-21-42-38(22-28)37-16-4-7-19-41(37)45(42)34-13-9-11-30(25-34)32-23-31(26-43-27-32)29-10-8-12-33(24-29)44-39-17-5-2-14-35(39)36-15-3-6-18-40(36)44/h2-5,7-17,19-21,23-28H,6,18,22H2,1H3. The fourth-order valence-electron chi connectivity index (χ4n) is 7.51. The van der Waals surface area contributed by atoms with Crippen molar-refractivity contribution in [2.24, 2.45) is 5.92 Å². The Morgan fingerprint density at radius 1 is 0.644 bits per heavy atom. The molecular formula is C42H33N3. The molecule has 2 aliphatic rings. The van der Waals surface area contributed by atoms with Crippen LogP contribution in [0.1, 0.15) is 35.9 Å². The first-order valence-corrected chi connectivity index (χ1v) is 16.0. The summed E-state index contributed by atoms with van der Waals surface area (Å²) in [5.74, 6) is 0.550. The Kier molecular flexibility index (Phi) is 5.99. The van der Waals surface area contributed by atoms with E-state index in [9.17, 15) is 0 Å². The molecule has 4 aromatic carbocycles. The van der Waals surface area contributed by atoms with Gasteiger partial charge in [-0.25, -0.2) is 0 Å². The zero-order valence-corrected chi connectivity index (χ0v) is 25.3. The van der Waals surface area contributed by atoms with E-state index in [2.05, 4.69) is 143 Å². The number of pyridine rings is 1. The summed E-state index contributed by atoms with van der Waals surface area (Å²) >= 11 is 0. The lowest BCUT2D eigenvalue weighted by molar-refractivity contribution is 0.718. The molecule has 0 spiro atoms. The van der Waals surface area contributed by atoms with Gasteiger partial charge in [0, 0.05) is 62.6 Å². The van der Waals surface area contributed by atoms with Gasteiger partial charge in [0.05, 0.1) is 11.0 Å². The lowest BCUT2D eigenvalue weighted by Crippen LogP contribution is -2.05. The summed E-state index contributed by atoms with van der Waals surface area (Å²) in [7, 11) is 0. The van der Waals surface area contributed by atoms with Gasteiger partial charge >= 0.3 is 0 Å². The number of rotatable bonds is 4. The minimum Gasteiger partial charge on any atom is -0.313 e. The van der Waals surface area contributed by atoms with Crippen LogP contribution in [0.3, 0.4) is 0 Å². The van der Waals surface area contributed by atoms with Gasteiger partial charge in [0.25, 0.3) is 0 Å². The summed E-state index contributed by atoms with van der Waals surface area (Å²) in [6, 6.07) is 37.7. The summed E-state index contributed by atoms with van der Waals surface area (Å²) in [6.45, 7) is 2.30. The van der Waals surface area contributed by atoms with Gasteiger partial charge in [-0.3, -0.25) is 4.98 Å². The monoisotopic (exact) mass is 579 g/mol. The molecule has 7 aromatic rings. The van der Waals surface area contributed by atoms with Crippen molar-refractivity contribution >= 4 is 34.0 Å². The van der Waals surface area contributed by atoms with Crippen LogP contribution in [-0.2, 0) is 12.8 Å². The Balaban J connectivity index is 1.13. The highest BCUT2D eigenvalue weighted by atomic mass is 15.0. The zero-order valence-electron chi connectivity index (χ0n) is 25.3. The van der Waals surface area contributed by atoms with E-state index in [1.165, 1.54) is 61.3 Å². The molecule has 45 heavy (non-hydrogen) atoms. The minimum atomic E-state index is 0.550. The number of allylic oxidation sites excluding steroid dienone is 2. The van der Waals surface area contributed by atoms with Gasteiger partial charge in [0.2, 0.25) is 0 Å². The molecule has 0 saturated carbocycles. The SMILES string of the molecule is CC1C=Cc2c(c3ccccc3n2-c2cccc(-c3cncc(-c4cccc(-n5c6c(c7ccccc75)C=CCC6)c4)c3)c2)C1. The van der Waals surface area contributed by atoms with Gasteiger partial charge in [0.15, 0.2) is 0 Å². The second-order valence-corrected chi connectivity index (χ2v) is 12.5. The molecule has 0 fully saturated rings. The average molecular weight is 580 g/mol. The molecule has 0 radical (unpaired) electrons. The van der Waals surface area contributed by atoms with Crippen LogP contribution in [0.5, 0.6) is 0 Å². The number of nitrogens with zero attached hydrogens (tertiary/aromatic N) is 3. The number of hydrogen-bond acceptors (Lipinski definition) is 1. The first-order chi connectivity index (χ1) is 22.2. The highest BCUT2D eigenvalue weighted by Gasteiger charge is 2.21. The first kappa shape index (κ1) is 26.0. The van der Waals surface area contributed by atoms with Gasteiger partial charge in [-0.2, -0.15) is 0 Å². The number of benzene rings is 4. The largest absolute Gasteiger partial charge is 0.313 e.